The summed E-state index contributed by atoms with van der Waals surface area (Å²) in [6.07, 6.45) is 9.28. The van der Waals surface area contributed by atoms with Crippen LogP contribution in [-0.4, -0.2) is 45.6 Å². The van der Waals surface area contributed by atoms with Crippen molar-refractivity contribution >= 4 is 46.2 Å². The lowest BCUT2D eigenvalue weighted by atomic mass is 10.1. The van der Waals surface area contributed by atoms with Crippen molar-refractivity contribution in [3.05, 3.63) is 53.0 Å². The quantitative estimate of drug-likeness (QED) is 0.569. The minimum atomic E-state index is -0.107. The van der Waals surface area contributed by atoms with E-state index in [2.05, 4.69) is 0 Å². The van der Waals surface area contributed by atoms with Crippen LogP contribution in [0.1, 0.15) is 31.2 Å². The van der Waals surface area contributed by atoms with Gasteiger partial charge in [-0.05, 0) is 30.9 Å². The van der Waals surface area contributed by atoms with E-state index in [1.165, 1.54) is 18.2 Å². The van der Waals surface area contributed by atoms with Gasteiger partial charge in [-0.3, -0.25) is 14.5 Å². The van der Waals surface area contributed by atoms with Crippen LogP contribution in [0.25, 0.3) is 6.08 Å². The fourth-order valence-electron chi connectivity index (χ4n) is 3.03. The zero-order chi connectivity index (χ0) is 18.4. The average Bonchev–Trinajstić information content (AvgIpc) is 2.94. The third kappa shape index (κ3) is 4.83. The van der Waals surface area contributed by atoms with Crippen LogP contribution in [0.15, 0.2) is 47.4 Å². The summed E-state index contributed by atoms with van der Waals surface area (Å²) < 4.78 is 0.529. The Labute approximate surface area is 163 Å². The SMILES string of the molecule is O=C(CCN1C(=O)/C(=C/C=C/c2ccccc2)SC1=S)N1CCCCC1. The first kappa shape index (κ1) is 18.9. The van der Waals surface area contributed by atoms with Crippen molar-refractivity contribution in [1.29, 1.82) is 0 Å². The molecule has 0 aromatic heterocycles. The van der Waals surface area contributed by atoms with Crippen LogP contribution in [0.2, 0.25) is 0 Å². The van der Waals surface area contributed by atoms with E-state index in [9.17, 15) is 9.59 Å². The number of carbonyl (C=O) groups is 2. The molecule has 0 radical (unpaired) electrons. The van der Waals surface area contributed by atoms with Gasteiger partial charge < -0.3 is 4.90 Å². The Balaban J connectivity index is 1.55. The standard InChI is InChI=1S/C20H22N2O2S2/c23-18(21-13-5-2-6-14-21)12-15-22-19(24)17(26-20(22)25)11-7-10-16-8-3-1-4-9-16/h1,3-4,7-11H,2,5-6,12-15H2/b10-7+,17-11-. The molecule has 2 amide bonds. The fourth-order valence-corrected chi connectivity index (χ4v) is 4.29. The van der Waals surface area contributed by atoms with E-state index in [1.807, 2.05) is 47.4 Å². The molecule has 2 aliphatic rings. The first-order chi connectivity index (χ1) is 12.6. The molecule has 2 aliphatic heterocycles. The molecule has 0 bridgehead atoms. The Morgan fingerprint density at radius 1 is 1.15 bits per heavy atom. The van der Waals surface area contributed by atoms with Crippen molar-refractivity contribution < 1.29 is 9.59 Å². The molecule has 0 N–H and O–H groups in total. The lowest BCUT2D eigenvalue weighted by molar-refractivity contribution is -0.132. The van der Waals surface area contributed by atoms with E-state index in [1.54, 1.807) is 11.0 Å². The van der Waals surface area contributed by atoms with Gasteiger partial charge in [-0.25, -0.2) is 0 Å². The molecule has 2 saturated heterocycles. The maximum Gasteiger partial charge on any atom is 0.266 e. The summed E-state index contributed by atoms with van der Waals surface area (Å²) in [5.74, 6) is 0.0101. The van der Waals surface area contributed by atoms with Gasteiger partial charge in [-0.15, -0.1) is 0 Å². The summed E-state index contributed by atoms with van der Waals surface area (Å²) in [7, 11) is 0. The number of hydrogen-bond acceptors (Lipinski definition) is 4. The van der Waals surface area contributed by atoms with E-state index in [0.29, 0.717) is 22.2 Å². The molecule has 4 nitrogen and oxygen atoms in total. The maximum absolute atomic E-state index is 12.5. The number of carbonyl (C=O) groups excluding carboxylic acids is 2. The molecule has 2 heterocycles. The van der Waals surface area contributed by atoms with Crippen LogP contribution >= 0.6 is 24.0 Å². The van der Waals surface area contributed by atoms with Gasteiger partial charge in [0.05, 0.1) is 4.91 Å². The number of allylic oxidation sites excluding steroid dienone is 2. The Kier molecular flexibility index (Phi) is 6.63. The van der Waals surface area contributed by atoms with Gasteiger partial charge in [-0.1, -0.05) is 66.5 Å². The highest BCUT2D eigenvalue weighted by Gasteiger charge is 2.32. The maximum atomic E-state index is 12.5. The second-order valence-electron chi connectivity index (χ2n) is 6.32. The van der Waals surface area contributed by atoms with Crippen molar-refractivity contribution in [2.24, 2.45) is 0 Å². The summed E-state index contributed by atoms with van der Waals surface area (Å²) >= 11 is 6.62. The molecule has 0 unspecified atom stereocenters. The van der Waals surface area contributed by atoms with Gasteiger partial charge in [0.1, 0.15) is 4.32 Å². The summed E-state index contributed by atoms with van der Waals surface area (Å²) in [6, 6.07) is 9.91. The van der Waals surface area contributed by atoms with E-state index in [-0.39, 0.29) is 11.8 Å². The summed E-state index contributed by atoms with van der Waals surface area (Å²) in [5.41, 5.74) is 1.08. The third-order valence-corrected chi connectivity index (χ3v) is 5.86. The second-order valence-corrected chi connectivity index (χ2v) is 7.99. The predicted molar refractivity (Wildman–Crippen MR) is 111 cm³/mol. The molecule has 6 heteroatoms. The monoisotopic (exact) mass is 386 g/mol. The van der Waals surface area contributed by atoms with Gasteiger partial charge in [0, 0.05) is 26.1 Å². The van der Waals surface area contributed by atoms with Crippen molar-refractivity contribution in [1.82, 2.24) is 9.80 Å². The number of piperidine rings is 1. The van der Waals surface area contributed by atoms with E-state index >= 15 is 0 Å². The molecule has 0 spiro atoms. The first-order valence-corrected chi connectivity index (χ1v) is 10.1. The first-order valence-electron chi connectivity index (χ1n) is 8.90. The zero-order valence-corrected chi connectivity index (χ0v) is 16.2. The zero-order valence-electron chi connectivity index (χ0n) is 14.6. The molecule has 3 rings (SSSR count). The Hall–Kier alpha value is -1.92. The van der Waals surface area contributed by atoms with Gasteiger partial charge in [0.15, 0.2) is 0 Å². The van der Waals surface area contributed by atoms with Gasteiger partial charge in [0.25, 0.3) is 5.91 Å². The Bertz CT molecular complexity index is 737. The minimum absolute atomic E-state index is 0.107. The summed E-state index contributed by atoms with van der Waals surface area (Å²) in [4.78, 5) is 28.9. The molecule has 2 fully saturated rings. The number of nitrogens with zero attached hydrogens (tertiary/aromatic N) is 2. The molecule has 1 aromatic rings. The molecule has 136 valence electrons. The molecule has 1 aromatic carbocycles. The molecule has 26 heavy (non-hydrogen) atoms. The van der Waals surface area contributed by atoms with E-state index in [4.69, 9.17) is 12.2 Å². The number of amides is 2. The second kappa shape index (κ2) is 9.14. The molecular formula is C20H22N2O2S2. The Morgan fingerprint density at radius 3 is 2.62 bits per heavy atom. The highest BCUT2D eigenvalue weighted by atomic mass is 32.2. The van der Waals surface area contributed by atoms with Crippen LogP contribution in [0.4, 0.5) is 0 Å². The van der Waals surface area contributed by atoms with Crippen molar-refractivity contribution in [2.45, 2.75) is 25.7 Å². The fraction of sp³-hybridized carbons (Fsp3) is 0.350. The summed E-state index contributed by atoms with van der Waals surface area (Å²) in [6.45, 7) is 2.03. The summed E-state index contributed by atoms with van der Waals surface area (Å²) in [5, 5.41) is 0. The van der Waals surface area contributed by atoms with Gasteiger partial charge in [-0.2, -0.15) is 0 Å². The van der Waals surface area contributed by atoms with Crippen LogP contribution in [0, 0.1) is 0 Å². The topological polar surface area (TPSA) is 40.6 Å². The van der Waals surface area contributed by atoms with E-state index in [0.717, 1.165) is 31.5 Å². The minimum Gasteiger partial charge on any atom is -0.343 e. The lowest BCUT2D eigenvalue weighted by Gasteiger charge is -2.27. The third-order valence-electron chi connectivity index (χ3n) is 4.47. The van der Waals surface area contributed by atoms with Crippen molar-refractivity contribution in [3.8, 4) is 0 Å². The number of likely N-dealkylation sites (tertiary alicyclic amines) is 1. The number of thioether (sulfide) groups is 1. The lowest BCUT2D eigenvalue weighted by Crippen LogP contribution is -2.38. The van der Waals surface area contributed by atoms with Crippen LogP contribution in [0.3, 0.4) is 0 Å². The van der Waals surface area contributed by atoms with Crippen LogP contribution in [0.5, 0.6) is 0 Å². The Morgan fingerprint density at radius 2 is 1.88 bits per heavy atom. The van der Waals surface area contributed by atoms with Crippen molar-refractivity contribution in [3.63, 3.8) is 0 Å². The smallest absolute Gasteiger partial charge is 0.266 e. The number of rotatable bonds is 5. The van der Waals surface area contributed by atoms with E-state index < -0.39 is 0 Å². The van der Waals surface area contributed by atoms with Crippen LogP contribution in [-0.2, 0) is 9.59 Å². The molecule has 0 aliphatic carbocycles. The molecule has 0 atom stereocenters. The number of thiocarbonyl (C=S) groups is 1. The average molecular weight is 387 g/mol. The van der Waals surface area contributed by atoms with Crippen LogP contribution < -0.4 is 0 Å². The number of benzene rings is 1. The number of hydrogen-bond donors (Lipinski definition) is 0. The predicted octanol–water partition coefficient (Wildman–Crippen LogP) is 3.85. The highest BCUT2D eigenvalue weighted by molar-refractivity contribution is 8.26. The van der Waals surface area contributed by atoms with Crippen molar-refractivity contribution in [2.75, 3.05) is 19.6 Å². The molecule has 0 saturated carbocycles. The van der Waals surface area contributed by atoms with Gasteiger partial charge >= 0.3 is 0 Å². The largest absolute Gasteiger partial charge is 0.343 e. The molecular weight excluding hydrogens is 364 g/mol. The normalized spacial score (nSPS) is 19.8. The highest BCUT2D eigenvalue weighted by Crippen LogP contribution is 2.31. The van der Waals surface area contributed by atoms with Gasteiger partial charge in [0.2, 0.25) is 5.91 Å².